The van der Waals surface area contributed by atoms with E-state index in [0.717, 1.165) is 94.0 Å². The van der Waals surface area contributed by atoms with Crippen molar-refractivity contribution in [2.24, 2.45) is 0 Å². The third-order valence-corrected chi connectivity index (χ3v) is 13.4. The largest absolute Gasteiger partial charge is 0.456 e. The molecule has 0 aliphatic carbocycles. The van der Waals surface area contributed by atoms with Crippen molar-refractivity contribution in [3.05, 3.63) is 224 Å². The number of benzene rings is 10. The van der Waals surface area contributed by atoms with Gasteiger partial charge in [-0.3, -0.25) is 0 Å². The highest BCUT2D eigenvalue weighted by Gasteiger charge is 2.24. The molecule has 312 valence electrons. The first kappa shape index (κ1) is 37.3. The van der Waals surface area contributed by atoms with Crippen molar-refractivity contribution < 1.29 is 4.42 Å². The van der Waals surface area contributed by atoms with Gasteiger partial charge in [0, 0.05) is 54.7 Å². The summed E-state index contributed by atoms with van der Waals surface area (Å²) in [7, 11) is 0. The van der Waals surface area contributed by atoms with Gasteiger partial charge in [-0.2, -0.15) is 0 Å². The third kappa shape index (κ3) is 5.86. The molecule has 67 heavy (non-hydrogen) atoms. The summed E-state index contributed by atoms with van der Waals surface area (Å²) in [5.74, 6) is 1.68. The molecule has 6 heteroatoms. The standard InChI is InChI=1S/C61H37N5O/c1-3-16-38(17-4-1)39-30-32-40(33-31-39)59-62-60(48-26-15-25-47-44-22-9-12-27-52(44)65(58(47)48)43-20-5-2-6-21-43)64-61(63-59)51-37-57-50(46-24-11-14-29-56(46)67-57)36-55(51)66-53-28-13-10-23-45(53)49-34-41-18-7-8-19-42(41)35-54(49)66/h1-37H. The second-order valence-electron chi connectivity index (χ2n) is 17.2. The van der Waals surface area contributed by atoms with Gasteiger partial charge in [-0.1, -0.05) is 164 Å². The quantitative estimate of drug-likeness (QED) is 0.167. The molecule has 0 saturated carbocycles. The van der Waals surface area contributed by atoms with Gasteiger partial charge in [0.05, 0.1) is 27.8 Å². The van der Waals surface area contributed by atoms with E-state index in [4.69, 9.17) is 19.4 Å². The van der Waals surface area contributed by atoms with Crippen LogP contribution in [0.3, 0.4) is 0 Å². The minimum atomic E-state index is 0.538. The molecule has 0 aliphatic heterocycles. The minimum absolute atomic E-state index is 0.538. The first-order chi connectivity index (χ1) is 33.2. The van der Waals surface area contributed by atoms with Gasteiger partial charge in [0.25, 0.3) is 0 Å². The molecule has 0 radical (unpaired) electrons. The topological polar surface area (TPSA) is 61.7 Å². The number of rotatable bonds is 6. The summed E-state index contributed by atoms with van der Waals surface area (Å²) in [6, 6.07) is 79.1. The summed E-state index contributed by atoms with van der Waals surface area (Å²) in [4.78, 5) is 16.4. The van der Waals surface area contributed by atoms with E-state index < -0.39 is 0 Å². The van der Waals surface area contributed by atoms with Crippen LogP contribution < -0.4 is 0 Å². The molecule has 0 aliphatic rings. The van der Waals surface area contributed by atoms with Gasteiger partial charge in [-0.25, -0.2) is 15.0 Å². The monoisotopic (exact) mass is 855 g/mol. The van der Waals surface area contributed by atoms with Gasteiger partial charge < -0.3 is 13.6 Å². The van der Waals surface area contributed by atoms with E-state index >= 15 is 0 Å². The van der Waals surface area contributed by atoms with Crippen molar-refractivity contribution in [3.63, 3.8) is 0 Å². The highest BCUT2D eigenvalue weighted by atomic mass is 16.3. The Morgan fingerprint density at radius 3 is 1.66 bits per heavy atom. The normalized spacial score (nSPS) is 11.9. The fourth-order valence-electron chi connectivity index (χ4n) is 10.3. The number of furan rings is 1. The van der Waals surface area contributed by atoms with Crippen LogP contribution in [0, 0.1) is 0 Å². The molecule has 0 atom stereocenters. The van der Waals surface area contributed by atoms with Crippen molar-refractivity contribution in [2.75, 3.05) is 0 Å². The van der Waals surface area contributed by atoms with E-state index in [1.807, 2.05) is 18.2 Å². The molecule has 4 heterocycles. The lowest BCUT2D eigenvalue weighted by atomic mass is 10.0. The van der Waals surface area contributed by atoms with Gasteiger partial charge in [0.15, 0.2) is 17.5 Å². The van der Waals surface area contributed by atoms with Crippen LogP contribution in [0.4, 0.5) is 0 Å². The van der Waals surface area contributed by atoms with Crippen LogP contribution in [-0.4, -0.2) is 24.1 Å². The number of fused-ring (bicyclic) bond motifs is 10. The lowest BCUT2D eigenvalue weighted by molar-refractivity contribution is 0.669. The summed E-state index contributed by atoms with van der Waals surface area (Å²) in [6.45, 7) is 0. The third-order valence-electron chi connectivity index (χ3n) is 13.4. The maximum Gasteiger partial charge on any atom is 0.166 e. The van der Waals surface area contributed by atoms with Crippen LogP contribution in [-0.2, 0) is 0 Å². The van der Waals surface area contributed by atoms with Crippen LogP contribution in [0.1, 0.15) is 0 Å². The molecule has 0 spiro atoms. The summed E-state index contributed by atoms with van der Waals surface area (Å²) in [6.07, 6.45) is 0. The summed E-state index contributed by atoms with van der Waals surface area (Å²) < 4.78 is 11.4. The molecule has 0 saturated heterocycles. The van der Waals surface area contributed by atoms with E-state index in [1.54, 1.807) is 0 Å². The van der Waals surface area contributed by atoms with Crippen LogP contribution >= 0.6 is 0 Å². The lowest BCUT2D eigenvalue weighted by Crippen LogP contribution is -2.04. The number of hydrogen-bond acceptors (Lipinski definition) is 4. The molecule has 6 nitrogen and oxygen atoms in total. The van der Waals surface area contributed by atoms with E-state index in [2.05, 4.69) is 215 Å². The second kappa shape index (κ2) is 14.7. The summed E-state index contributed by atoms with van der Waals surface area (Å²) in [5.41, 5.74) is 12.8. The molecule has 4 aromatic heterocycles. The fraction of sp³-hybridized carbons (Fsp3) is 0. The molecule has 14 aromatic rings. The van der Waals surface area contributed by atoms with E-state index in [9.17, 15) is 0 Å². The Morgan fingerprint density at radius 1 is 0.313 bits per heavy atom. The lowest BCUT2D eigenvalue weighted by Gasteiger charge is -2.16. The Morgan fingerprint density at radius 2 is 0.881 bits per heavy atom. The highest BCUT2D eigenvalue weighted by molar-refractivity contribution is 6.16. The SMILES string of the molecule is c1ccc(-c2ccc(-c3nc(-c4cc5oc6ccccc6c5cc4-n4c5ccccc5c5cc6ccccc6cc54)nc(-c4cccc5c6ccccc6n(-c6ccccc6)c45)n3)cc2)cc1. The second-order valence-corrected chi connectivity index (χ2v) is 17.2. The predicted molar refractivity (Wildman–Crippen MR) is 275 cm³/mol. The van der Waals surface area contributed by atoms with Crippen LogP contribution in [0.25, 0.3) is 133 Å². The first-order valence-corrected chi connectivity index (χ1v) is 22.6. The van der Waals surface area contributed by atoms with Crippen molar-refractivity contribution in [1.29, 1.82) is 0 Å². The zero-order chi connectivity index (χ0) is 44.0. The van der Waals surface area contributed by atoms with Crippen molar-refractivity contribution >= 4 is 76.3 Å². The van der Waals surface area contributed by atoms with E-state index in [1.165, 1.54) is 21.5 Å². The van der Waals surface area contributed by atoms with Crippen LogP contribution in [0.5, 0.6) is 0 Å². The molecule has 0 unspecified atom stereocenters. The fourth-order valence-corrected chi connectivity index (χ4v) is 10.3. The predicted octanol–water partition coefficient (Wildman–Crippen LogP) is 15.8. The van der Waals surface area contributed by atoms with Crippen molar-refractivity contribution in [1.82, 2.24) is 24.1 Å². The van der Waals surface area contributed by atoms with Gasteiger partial charge in [0.1, 0.15) is 11.2 Å². The Bertz CT molecular complexity index is 4260. The Balaban J connectivity index is 1.09. The Labute approximate surface area is 384 Å². The molecular weight excluding hydrogens is 819 g/mol. The molecule has 0 bridgehead atoms. The molecule has 0 amide bonds. The average molecular weight is 856 g/mol. The Hall–Kier alpha value is -9.13. The molecule has 0 fully saturated rings. The zero-order valence-corrected chi connectivity index (χ0v) is 36.0. The van der Waals surface area contributed by atoms with E-state index in [-0.39, 0.29) is 0 Å². The molecular formula is C61H37N5O. The van der Waals surface area contributed by atoms with Crippen LogP contribution in [0.15, 0.2) is 229 Å². The van der Waals surface area contributed by atoms with Crippen LogP contribution in [0.2, 0.25) is 0 Å². The molecule has 14 rings (SSSR count). The number of nitrogens with zero attached hydrogens (tertiary/aromatic N) is 5. The first-order valence-electron chi connectivity index (χ1n) is 22.6. The average Bonchev–Trinajstić information content (AvgIpc) is 4.05. The van der Waals surface area contributed by atoms with Gasteiger partial charge in [-0.15, -0.1) is 0 Å². The van der Waals surface area contributed by atoms with Gasteiger partial charge >= 0.3 is 0 Å². The Kier molecular flexibility index (Phi) is 8.18. The van der Waals surface area contributed by atoms with Crippen molar-refractivity contribution in [2.45, 2.75) is 0 Å². The summed E-state index contributed by atoms with van der Waals surface area (Å²) in [5, 5.41) is 9.05. The minimum Gasteiger partial charge on any atom is -0.456 e. The highest BCUT2D eigenvalue weighted by Crippen LogP contribution is 2.43. The zero-order valence-electron chi connectivity index (χ0n) is 36.0. The van der Waals surface area contributed by atoms with Gasteiger partial charge in [0.2, 0.25) is 0 Å². The summed E-state index contributed by atoms with van der Waals surface area (Å²) >= 11 is 0. The van der Waals surface area contributed by atoms with Crippen molar-refractivity contribution in [3.8, 4) is 56.7 Å². The molecule has 10 aromatic carbocycles. The van der Waals surface area contributed by atoms with E-state index in [0.29, 0.717) is 17.5 Å². The smallest absolute Gasteiger partial charge is 0.166 e. The maximum absolute atomic E-state index is 6.68. The molecule has 0 N–H and O–H groups in total. The number of aromatic nitrogens is 5. The number of para-hydroxylation sites is 5. The number of hydrogen-bond donors (Lipinski definition) is 0. The van der Waals surface area contributed by atoms with Gasteiger partial charge in [-0.05, 0) is 82.6 Å². The maximum atomic E-state index is 6.68.